The molecular weight excluding hydrogens is 507 g/mol. The molecule has 5 nitrogen and oxygen atoms in total. The van der Waals surface area contributed by atoms with Crippen LogP contribution < -0.4 is 20.3 Å². The van der Waals surface area contributed by atoms with Crippen LogP contribution in [0.4, 0.5) is 5.00 Å². The first-order valence-electron chi connectivity index (χ1n) is 10.3. The minimum absolute atomic E-state index is 0. The summed E-state index contributed by atoms with van der Waals surface area (Å²) in [6, 6.07) is 12.9. The lowest BCUT2D eigenvalue weighted by molar-refractivity contribution is 0.370. The third kappa shape index (κ3) is 7.73. The van der Waals surface area contributed by atoms with Crippen LogP contribution in [-0.4, -0.2) is 44.8 Å². The number of anilines is 1. The molecule has 162 valence electrons. The lowest BCUT2D eigenvalue weighted by atomic mass is 10.1. The summed E-state index contributed by atoms with van der Waals surface area (Å²) in [6.07, 6.45) is 8.36. The number of thiophene rings is 1. The Labute approximate surface area is 201 Å². The van der Waals surface area contributed by atoms with Crippen LogP contribution in [0, 0.1) is 12.3 Å². The van der Waals surface area contributed by atoms with Crippen molar-refractivity contribution >= 4 is 46.3 Å². The van der Waals surface area contributed by atoms with Crippen molar-refractivity contribution < 1.29 is 4.74 Å². The molecule has 0 saturated carbocycles. The maximum absolute atomic E-state index is 5.41. The number of benzene rings is 1. The zero-order valence-corrected chi connectivity index (χ0v) is 20.6. The molecule has 0 unspecified atom stereocenters. The number of nitrogens with zero attached hydrogens (tertiary/aromatic N) is 2. The predicted molar refractivity (Wildman–Crippen MR) is 139 cm³/mol. The number of hydrogen-bond acceptors (Lipinski definition) is 4. The SMILES string of the molecule is C#CCOc1ccc(CCN=C(NCC)NC2CCN(c3cccs3)CC2)cc1.I. The van der Waals surface area contributed by atoms with Crippen LogP contribution in [0.5, 0.6) is 5.75 Å². The number of terminal acetylenes is 1. The maximum atomic E-state index is 5.41. The summed E-state index contributed by atoms with van der Waals surface area (Å²) in [5.41, 5.74) is 1.24. The molecule has 1 aliphatic rings. The number of aliphatic imine (C=N–C) groups is 1. The molecule has 1 fully saturated rings. The van der Waals surface area contributed by atoms with Gasteiger partial charge in [0.2, 0.25) is 0 Å². The molecule has 0 aliphatic carbocycles. The first kappa shape index (κ1) is 24.4. The number of ether oxygens (including phenoxy) is 1. The monoisotopic (exact) mass is 538 g/mol. The highest BCUT2D eigenvalue weighted by Gasteiger charge is 2.20. The molecular formula is C23H31IN4OS. The van der Waals surface area contributed by atoms with E-state index in [1.165, 1.54) is 10.6 Å². The molecule has 0 radical (unpaired) electrons. The minimum atomic E-state index is 0. The Morgan fingerprint density at radius 2 is 2.03 bits per heavy atom. The van der Waals surface area contributed by atoms with Gasteiger partial charge in [0.05, 0.1) is 5.00 Å². The number of hydrogen-bond donors (Lipinski definition) is 2. The summed E-state index contributed by atoms with van der Waals surface area (Å²) in [6.45, 7) is 6.19. The second-order valence-electron chi connectivity index (χ2n) is 7.00. The van der Waals surface area contributed by atoms with Gasteiger partial charge in [0.15, 0.2) is 5.96 Å². The summed E-state index contributed by atoms with van der Waals surface area (Å²) >= 11 is 1.82. The van der Waals surface area contributed by atoms with Crippen LogP contribution in [0.2, 0.25) is 0 Å². The van der Waals surface area contributed by atoms with Crippen LogP contribution in [0.15, 0.2) is 46.8 Å². The molecule has 3 rings (SSSR count). The molecule has 1 aliphatic heterocycles. The molecule has 0 amide bonds. The van der Waals surface area contributed by atoms with Gasteiger partial charge in [-0.1, -0.05) is 18.1 Å². The number of piperidine rings is 1. The van der Waals surface area contributed by atoms with Crippen molar-refractivity contribution in [2.24, 2.45) is 4.99 Å². The molecule has 0 bridgehead atoms. The van der Waals surface area contributed by atoms with Crippen molar-refractivity contribution in [2.45, 2.75) is 32.2 Å². The average Bonchev–Trinajstić information content (AvgIpc) is 3.29. The zero-order chi connectivity index (χ0) is 20.3. The van der Waals surface area contributed by atoms with Crippen molar-refractivity contribution in [1.29, 1.82) is 0 Å². The molecule has 30 heavy (non-hydrogen) atoms. The average molecular weight is 538 g/mol. The summed E-state index contributed by atoms with van der Waals surface area (Å²) in [5, 5.41) is 10.5. The van der Waals surface area contributed by atoms with Gasteiger partial charge < -0.3 is 20.3 Å². The first-order chi connectivity index (χ1) is 14.3. The summed E-state index contributed by atoms with van der Waals surface area (Å²) in [4.78, 5) is 7.24. The number of rotatable bonds is 8. The van der Waals surface area contributed by atoms with Crippen molar-refractivity contribution in [2.75, 3.05) is 37.7 Å². The van der Waals surface area contributed by atoms with E-state index in [2.05, 4.69) is 58.0 Å². The second kappa shape index (κ2) is 13.4. The van der Waals surface area contributed by atoms with Gasteiger partial charge in [-0.2, -0.15) is 0 Å². The van der Waals surface area contributed by atoms with Crippen LogP contribution >= 0.6 is 35.3 Å². The third-order valence-corrected chi connectivity index (χ3v) is 5.84. The Morgan fingerprint density at radius 3 is 2.67 bits per heavy atom. The molecule has 0 spiro atoms. The van der Waals surface area contributed by atoms with Gasteiger partial charge >= 0.3 is 0 Å². The standard InChI is InChI=1S/C23H30N4OS.HI/c1-3-17-28-21-9-7-19(8-10-21)11-14-25-23(24-4-2)26-20-12-15-27(16-13-20)22-6-5-18-29-22;/h1,5-10,18,20H,4,11-17H2,2H3,(H2,24,25,26);1H. The van der Waals surface area contributed by atoms with Crippen molar-refractivity contribution in [3.63, 3.8) is 0 Å². The quantitative estimate of drug-likeness (QED) is 0.230. The van der Waals surface area contributed by atoms with Gasteiger partial charge in [-0.25, -0.2) is 0 Å². The van der Waals surface area contributed by atoms with Gasteiger partial charge in [0, 0.05) is 32.2 Å². The third-order valence-electron chi connectivity index (χ3n) is 4.91. The fourth-order valence-corrected chi connectivity index (χ4v) is 4.17. The largest absolute Gasteiger partial charge is 0.481 e. The summed E-state index contributed by atoms with van der Waals surface area (Å²) < 4.78 is 5.41. The smallest absolute Gasteiger partial charge is 0.191 e. The van der Waals surface area contributed by atoms with Crippen LogP contribution in [0.3, 0.4) is 0 Å². The van der Waals surface area contributed by atoms with E-state index >= 15 is 0 Å². The number of nitrogens with one attached hydrogen (secondary N) is 2. The molecule has 2 aromatic rings. The van der Waals surface area contributed by atoms with Gasteiger partial charge in [0.25, 0.3) is 0 Å². The van der Waals surface area contributed by atoms with Crippen LogP contribution in [0.25, 0.3) is 0 Å². The Balaban J connectivity index is 0.00000320. The Kier molecular flexibility index (Phi) is 10.9. The molecule has 7 heteroatoms. The zero-order valence-electron chi connectivity index (χ0n) is 17.5. The topological polar surface area (TPSA) is 48.9 Å². The minimum Gasteiger partial charge on any atom is -0.481 e. The van der Waals surface area contributed by atoms with E-state index < -0.39 is 0 Å². The molecule has 2 heterocycles. The molecule has 0 atom stereocenters. The van der Waals surface area contributed by atoms with Crippen molar-refractivity contribution in [1.82, 2.24) is 10.6 Å². The van der Waals surface area contributed by atoms with Gasteiger partial charge in [-0.3, -0.25) is 4.99 Å². The lowest BCUT2D eigenvalue weighted by Gasteiger charge is -2.33. The highest BCUT2D eigenvalue weighted by Crippen LogP contribution is 2.24. The fraction of sp³-hybridized carbons (Fsp3) is 0.435. The fourth-order valence-electron chi connectivity index (χ4n) is 3.38. The van der Waals surface area contributed by atoms with E-state index in [4.69, 9.17) is 16.2 Å². The predicted octanol–water partition coefficient (Wildman–Crippen LogP) is 4.14. The summed E-state index contributed by atoms with van der Waals surface area (Å²) in [7, 11) is 0. The van der Waals surface area contributed by atoms with E-state index in [0.29, 0.717) is 12.6 Å². The van der Waals surface area contributed by atoms with Crippen LogP contribution in [-0.2, 0) is 6.42 Å². The summed E-state index contributed by atoms with van der Waals surface area (Å²) in [5.74, 6) is 4.19. The molecule has 1 aromatic heterocycles. The van der Waals surface area contributed by atoms with E-state index in [0.717, 1.165) is 57.2 Å². The highest BCUT2D eigenvalue weighted by molar-refractivity contribution is 14.0. The molecule has 1 saturated heterocycles. The van der Waals surface area contributed by atoms with E-state index in [9.17, 15) is 0 Å². The Morgan fingerprint density at radius 1 is 1.27 bits per heavy atom. The first-order valence-corrected chi connectivity index (χ1v) is 11.1. The second-order valence-corrected chi connectivity index (χ2v) is 7.93. The Hall–Kier alpha value is -1.92. The van der Waals surface area contributed by atoms with Gasteiger partial charge in [-0.05, 0) is 61.4 Å². The van der Waals surface area contributed by atoms with Gasteiger partial charge in [0.1, 0.15) is 12.4 Å². The van der Waals surface area contributed by atoms with E-state index in [1.54, 1.807) is 0 Å². The maximum Gasteiger partial charge on any atom is 0.191 e. The number of halogens is 1. The van der Waals surface area contributed by atoms with E-state index in [1.807, 2.05) is 23.5 Å². The van der Waals surface area contributed by atoms with Crippen molar-refractivity contribution in [3.05, 3.63) is 47.3 Å². The highest BCUT2D eigenvalue weighted by atomic mass is 127. The van der Waals surface area contributed by atoms with Gasteiger partial charge in [-0.15, -0.1) is 41.7 Å². The van der Waals surface area contributed by atoms with Crippen molar-refractivity contribution in [3.8, 4) is 18.1 Å². The lowest BCUT2D eigenvalue weighted by Crippen LogP contribution is -2.48. The molecule has 2 N–H and O–H groups in total. The Bertz CT molecular complexity index is 794. The molecule has 1 aromatic carbocycles. The normalized spacial score (nSPS) is 14.5. The number of guanidine groups is 1. The van der Waals surface area contributed by atoms with Crippen LogP contribution in [0.1, 0.15) is 25.3 Å². The van der Waals surface area contributed by atoms with E-state index in [-0.39, 0.29) is 24.0 Å².